The normalized spacial score (nSPS) is 24.4. The van der Waals surface area contributed by atoms with Gasteiger partial charge < -0.3 is 0 Å². The van der Waals surface area contributed by atoms with Crippen LogP contribution in [0.2, 0.25) is 5.02 Å². The van der Waals surface area contributed by atoms with Gasteiger partial charge in [0.1, 0.15) is 0 Å². The van der Waals surface area contributed by atoms with Gasteiger partial charge in [0.2, 0.25) is 0 Å². The first kappa shape index (κ1) is 13.3. The Morgan fingerprint density at radius 2 is 2.22 bits per heavy atom. The van der Waals surface area contributed by atoms with Crippen LogP contribution >= 0.6 is 11.6 Å². The van der Waals surface area contributed by atoms with Gasteiger partial charge in [-0.15, -0.1) is 0 Å². The Bertz CT molecular complexity index is 464. The van der Waals surface area contributed by atoms with Gasteiger partial charge in [0.15, 0.2) is 0 Å². The minimum atomic E-state index is -0.379. The molecule has 0 saturated carbocycles. The fourth-order valence-electron chi connectivity index (χ4n) is 2.62. The number of hydrogen-bond acceptors (Lipinski definition) is 3. The summed E-state index contributed by atoms with van der Waals surface area (Å²) < 4.78 is 0. The molecule has 98 valence electrons. The number of hydrogen-bond donors (Lipinski definition) is 0. The summed E-state index contributed by atoms with van der Waals surface area (Å²) in [5, 5.41) is 11.4. The van der Waals surface area contributed by atoms with Crippen molar-refractivity contribution in [2.75, 3.05) is 6.54 Å². The molecule has 0 bridgehead atoms. The van der Waals surface area contributed by atoms with Gasteiger partial charge in [0.05, 0.1) is 4.92 Å². The van der Waals surface area contributed by atoms with Crippen molar-refractivity contribution in [3.8, 4) is 0 Å². The fraction of sp³-hybridized carbons (Fsp3) is 0.538. The van der Waals surface area contributed by atoms with E-state index >= 15 is 0 Å². The largest absolute Gasteiger partial charge is 0.296 e. The zero-order valence-corrected chi connectivity index (χ0v) is 11.4. The van der Waals surface area contributed by atoms with Gasteiger partial charge in [-0.1, -0.05) is 18.5 Å². The standard InChI is InChI=1S/C13H17ClN2O2/c1-9-5-10(2)15(7-9)8-11-6-12(16(17)18)3-4-13(11)14/h3-4,6,9-10H,5,7-8H2,1-2H3. The van der Waals surface area contributed by atoms with Crippen molar-refractivity contribution in [3.05, 3.63) is 38.9 Å². The van der Waals surface area contributed by atoms with Crippen LogP contribution in [0.15, 0.2) is 18.2 Å². The molecule has 2 atom stereocenters. The summed E-state index contributed by atoms with van der Waals surface area (Å²) in [5.74, 6) is 0.678. The van der Waals surface area contributed by atoms with Gasteiger partial charge in [-0.05, 0) is 30.9 Å². The third kappa shape index (κ3) is 2.82. The maximum atomic E-state index is 10.8. The monoisotopic (exact) mass is 268 g/mol. The van der Waals surface area contributed by atoms with E-state index in [2.05, 4.69) is 18.7 Å². The first-order valence-electron chi connectivity index (χ1n) is 6.14. The van der Waals surface area contributed by atoms with E-state index in [1.807, 2.05) is 0 Å². The SMILES string of the molecule is CC1CC(C)N(Cc2cc([N+](=O)[O-])ccc2Cl)C1. The highest BCUT2D eigenvalue weighted by Crippen LogP contribution is 2.28. The number of likely N-dealkylation sites (tertiary alicyclic amines) is 1. The lowest BCUT2D eigenvalue weighted by molar-refractivity contribution is -0.384. The molecule has 1 fully saturated rings. The van der Waals surface area contributed by atoms with Crippen molar-refractivity contribution >= 4 is 17.3 Å². The van der Waals surface area contributed by atoms with Gasteiger partial charge in [0.25, 0.3) is 5.69 Å². The smallest absolute Gasteiger partial charge is 0.269 e. The Morgan fingerprint density at radius 3 is 2.78 bits per heavy atom. The molecule has 0 spiro atoms. The van der Waals surface area contributed by atoms with Crippen LogP contribution in [0.3, 0.4) is 0 Å². The summed E-state index contributed by atoms with van der Waals surface area (Å²) in [7, 11) is 0. The predicted molar refractivity (Wildman–Crippen MR) is 71.8 cm³/mol. The molecule has 1 aromatic carbocycles. The van der Waals surface area contributed by atoms with Crippen LogP contribution in [0.4, 0.5) is 5.69 Å². The van der Waals surface area contributed by atoms with E-state index in [0.717, 1.165) is 12.1 Å². The summed E-state index contributed by atoms with van der Waals surface area (Å²) in [6.45, 7) is 6.13. The minimum absolute atomic E-state index is 0.106. The molecule has 2 unspecified atom stereocenters. The zero-order chi connectivity index (χ0) is 13.3. The summed E-state index contributed by atoms with van der Waals surface area (Å²) in [4.78, 5) is 12.7. The molecule has 0 aromatic heterocycles. The maximum Gasteiger partial charge on any atom is 0.269 e. The molecule has 0 amide bonds. The fourth-order valence-corrected chi connectivity index (χ4v) is 2.80. The lowest BCUT2D eigenvalue weighted by Crippen LogP contribution is -2.26. The van der Waals surface area contributed by atoms with Crippen LogP contribution < -0.4 is 0 Å². The van der Waals surface area contributed by atoms with Crippen LogP contribution in [-0.4, -0.2) is 22.4 Å². The number of non-ortho nitro benzene ring substituents is 1. The van der Waals surface area contributed by atoms with E-state index in [9.17, 15) is 10.1 Å². The van der Waals surface area contributed by atoms with E-state index < -0.39 is 0 Å². The number of nitro benzene ring substituents is 1. The third-order valence-electron chi connectivity index (χ3n) is 3.53. The lowest BCUT2D eigenvalue weighted by Gasteiger charge is -2.21. The molecule has 1 aliphatic rings. The molecule has 0 N–H and O–H groups in total. The topological polar surface area (TPSA) is 46.4 Å². The van der Waals surface area contributed by atoms with Crippen LogP contribution in [0.5, 0.6) is 0 Å². The molecule has 2 rings (SSSR count). The molecular weight excluding hydrogens is 252 g/mol. The summed E-state index contributed by atoms with van der Waals surface area (Å²) in [5.41, 5.74) is 0.945. The second-order valence-electron chi connectivity index (χ2n) is 5.15. The molecule has 1 aromatic rings. The zero-order valence-electron chi connectivity index (χ0n) is 10.6. The third-order valence-corrected chi connectivity index (χ3v) is 3.90. The summed E-state index contributed by atoms with van der Waals surface area (Å²) in [6.07, 6.45) is 1.17. The maximum absolute atomic E-state index is 10.8. The summed E-state index contributed by atoms with van der Waals surface area (Å²) >= 11 is 6.11. The van der Waals surface area contributed by atoms with Crippen molar-refractivity contribution in [1.82, 2.24) is 4.90 Å². The molecule has 0 aliphatic carbocycles. The predicted octanol–water partition coefficient (Wildman–Crippen LogP) is 3.48. The number of halogens is 1. The molecule has 1 saturated heterocycles. The number of nitrogens with zero attached hydrogens (tertiary/aromatic N) is 2. The van der Waals surface area contributed by atoms with E-state index in [1.165, 1.54) is 12.5 Å². The van der Waals surface area contributed by atoms with Gasteiger partial charge >= 0.3 is 0 Å². The Balaban J connectivity index is 2.18. The highest BCUT2D eigenvalue weighted by molar-refractivity contribution is 6.31. The Labute approximate surface area is 112 Å². The molecule has 1 heterocycles. The Hall–Kier alpha value is -1.13. The Kier molecular flexibility index (Phi) is 3.88. The van der Waals surface area contributed by atoms with E-state index in [-0.39, 0.29) is 10.6 Å². The molecule has 5 heteroatoms. The van der Waals surface area contributed by atoms with Gasteiger partial charge in [-0.3, -0.25) is 15.0 Å². The minimum Gasteiger partial charge on any atom is -0.296 e. The first-order chi connectivity index (χ1) is 8.47. The van der Waals surface area contributed by atoms with Crippen molar-refractivity contribution in [2.45, 2.75) is 32.9 Å². The number of rotatable bonds is 3. The average Bonchev–Trinajstić information content (AvgIpc) is 2.60. The molecular formula is C13H17ClN2O2. The quantitative estimate of drug-likeness (QED) is 0.623. The van der Waals surface area contributed by atoms with Gasteiger partial charge in [-0.2, -0.15) is 0 Å². The number of benzene rings is 1. The molecule has 1 aliphatic heterocycles. The highest BCUT2D eigenvalue weighted by Gasteiger charge is 2.26. The van der Waals surface area contributed by atoms with Crippen LogP contribution in [0, 0.1) is 16.0 Å². The van der Waals surface area contributed by atoms with E-state index in [4.69, 9.17) is 11.6 Å². The van der Waals surface area contributed by atoms with E-state index in [0.29, 0.717) is 23.5 Å². The van der Waals surface area contributed by atoms with Crippen molar-refractivity contribution in [2.24, 2.45) is 5.92 Å². The average molecular weight is 269 g/mol. The van der Waals surface area contributed by atoms with Gasteiger partial charge in [0, 0.05) is 36.3 Å². The highest BCUT2D eigenvalue weighted by atomic mass is 35.5. The van der Waals surface area contributed by atoms with Crippen LogP contribution in [0.1, 0.15) is 25.8 Å². The number of nitro groups is 1. The van der Waals surface area contributed by atoms with Crippen LogP contribution in [-0.2, 0) is 6.54 Å². The second kappa shape index (κ2) is 5.24. The van der Waals surface area contributed by atoms with Crippen LogP contribution in [0.25, 0.3) is 0 Å². The molecule has 18 heavy (non-hydrogen) atoms. The van der Waals surface area contributed by atoms with Crippen molar-refractivity contribution in [1.29, 1.82) is 0 Å². The molecule has 0 radical (unpaired) electrons. The first-order valence-corrected chi connectivity index (χ1v) is 6.52. The van der Waals surface area contributed by atoms with Crippen molar-refractivity contribution in [3.63, 3.8) is 0 Å². The lowest BCUT2D eigenvalue weighted by atomic mass is 10.1. The van der Waals surface area contributed by atoms with Crippen molar-refractivity contribution < 1.29 is 4.92 Å². The summed E-state index contributed by atoms with van der Waals surface area (Å²) in [6, 6.07) is 5.15. The Morgan fingerprint density at radius 1 is 1.50 bits per heavy atom. The molecule has 4 nitrogen and oxygen atoms in total. The van der Waals surface area contributed by atoms with Gasteiger partial charge in [-0.25, -0.2) is 0 Å². The van der Waals surface area contributed by atoms with E-state index in [1.54, 1.807) is 12.1 Å². The second-order valence-corrected chi connectivity index (χ2v) is 5.56.